The summed E-state index contributed by atoms with van der Waals surface area (Å²) in [4.78, 5) is 4.65. The highest BCUT2D eigenvalue weighted by atomic mass is 79.9. The predicted octanol–water partition coefficient (Wildman–Crippen LogP) is 5.05. The van der Waals surface area contributed by atoms with Gasteiger partial charge in [0.15, 0.2) is 0 Å². The number of benzene rings is 1. The zero-order chi connectivity index (χ0) is 11.7. The van der Waals surface area contributed by atoms with Gasteiger partial charge in [-0.05, 0) is 36.4 Å². The minimum absolute atomic E-state index is 0.668. The molecule has 2 aromatic rings. The van der Waals surface area contributed by atoms with E-state index in [1.54, 1.807) is 0 Å². The number of fused-ring (bicyclic) bond motifs is 1. The van der Waals surface area contributed by atoms with Crippen LogP contribution < -0.4 is 0 Å². The molecule has 1 aliphatic rings. The van der Waals surface area contributed by atoms with Crippen molar-refractivity contribution in [3.8, 4) is 0 Å². The Balaban J connectivity index is 2.11. The lowest BCUT2D eigenvalue weighted by molar-refractivity contribution is 0.439. The first-order valence-electron chi connectivity index (χ1n) is 6.39. The van der Waals surface area contributed by atoms with E-state index in [4.69, 9.17) is 0 Å². The number of nitrogens with zero attached hydrogens (tertiary/aromatic N) is 1. The quantitative estimate of drug-likeness (QED) is 0.716. The van der Waals surface area contributed by atoms with Crippen molar-refractivity contribution in [2.24, 2.45) is 0 Å². The molecule has 1 aliphatic carbocycles. The molecule has 0 spiro atoms. The van der Waals surface area contributed by atoms with E-state index in [1.165, 1.54) is 48.6 Å². The van der Waals surface area contributed by atoms with Crippen molar-refractivity contribution >= 4 is 26.7 Å². The van der Waals surface area contributed by atoms with Gasteiger partial charge >= 0.3 is 0 Å². The molecule has 88 valence electrons. The number of hydrogen-bond donors (Lipinski definition) is 0. The predicted molar refractivity (Wildman–Crippen MR) is 75.3 cm³/mol. The Bertz CT molecular complexity index is 529. The third kappa shape index (κ3) is 2.23. The van der Waals surface area contributed by atoms with Crippen LogP contribution in [-0.4, -0.2) is 4.98 Å². The third-order valence-electron chi connectivity index (χ3n) is 3.75. The van der Waals surface area contributed by atoms with Gasteiger partial charge in [-0.3, -0.25) is 4.98 Å². The molecule has 0 atom stereocenters. The smallest absolute Gasteiger partial charge is 0.0513 e. The van der Waals surface area contributed by atoms with E-state index in [0.717, 1.165) is 4.47 Å². The summed E-state index contributed by atoms with van der Waals surface area (Å²) in [5, 5.41) is 2.64. The van der Waals surface area contributed by atoms with E-state index in [-0.39, 0.29) is 0 Å². The highest BCUT2D eigenvalue weighted by molar-refractivity contribution is 9.10. The van der Waals surface area contributed by atoms with Crippen LogP contribution in [0.5, 0.6) is 0 Å². The van der Waals surface area contributed by atoms with Gasteiger partial charge in [-0.15, -0.1) is 0 Å². The van der Waals surface area contributed by atoms with Crippen molar-refractivity contribution in [1.82, 2.24) is 4.98 Å². The topological polar surface area (TPSA) is 12.9 Å². The van der Waals surface area contributed by atoms with E-state index in [2.05, 4.69) is 45.2 Å². The molecule has 2 heteroatoms. The zero-order valence-corrected chi connectivity index (χ0v) is 11.4. The lowest BCUT2D eigenvalue weighted by atomic mass is 9.85. The average Bonchev–Trinajstić information content (AvgIpc) is 2.39. The molecule has 17 heavy (non-hydrogen) atoms. The van der Waals surface area contributed by atoms with Gasteiger partial charge in [0.2, 0.25) is 0 Å². The molecule has 1 saturated carbocycles. The van der Waals surface area contributed by atoms with Crippen LogP contribution in [0, 0.1) is 0 Å². The summed E-state index contributed by atoms with van der Waals surface area (Å²) >= 11 is 3.56. The summed E-state index contributed by atoms with van der Waals surface area (Å²) in [6.45, 7) is 0. The molecule has 0 unspecified atom stereocenters. The van der Waals surface area contributed by atoms with Gasteiger partial charge in [-0.25, -0.2) is 0 Å². The van der Waals surface area contributed by atoms with E-state index >= 15 is 0 Å². The van der Waals surface area contributed by atoms with E-state index in [9.17, 15) is 0 Å². The summed E-state index contributed by atoms with van der Waals surface area (Å²) < 4.78 is 1.15. The van der Waals surface area contributed by atoms with Crippen LogP contribution in [0.25, 0.3) is 10.8 Å². The highest BCUT2D eigenvalue weighted by Gasteiger charge is 2.18. The summed E-state index contributed by atoms with van der Waals surface area (Å²) in [6, 6.07) is 8.60. The fourth-order valence-corrected chi connectivity index (χ4v) is 3.23. The van der Waals surface area contributed by atoms with Crippen LogP contribution in [0.2, 0.25) is 0 Å². The van der Waals surface area contributed by atoms with Crippen LogP contribution in [0.3, 0.4) is 0 Å². The summed E-state index contributed by atoms with van der Waals surface area (Å²) in [7, 11) is 0. The molecule has 1 fully saturated rings. The van der Waals surface area contributed by atoms with Crippen LogP contribution in [0.15, 0.2) is 34.9 Å². The Hall–Kier alpha value is -0.890. The van der Waals surface area contributed by atoms with Crippen LogP contribution in [0.4, 0.5) is 0 Å². The van der Waals surface area contributed by atoms with Gasteiger partial charge in [0.25, 0.3) is 0 Å². The SMILES string of the molecule is Brc1ccc2ccnc(C3CCCCC3)c2c1. The Morgan fingerprint density at radius 1 is 1.06 bits per heavy atom. The molecule has 1 heterocycles. The Morgan fingerprint density at radius 2 is 1.88 bits per heavy atom. The van der Waals surface area contributed by atoms with E-state index in [0.29, 0.717) is 5.92 Å². The zero-order valence-electron chi connectivity index (χ0n) is 9.82. The first-order valence-corrected chi connectivity index (χ1v) is 7.18. The molecule has 0 saturated heterocycles. The third-order valence-corrected chi connectivity index (χ3v) is 4.24. The fourth-order valence-electron chi connectivity index (χ4n) is 2.86. The second-order valence-electron chi connectivity index (χ2n) is 4.90. The lowest BCUT2D eigenvalue weighted by Crippen LogP contribution is -2.06. The van der Waals surface area contributed by atoms with Crippen molar-refractivity contribution in [3.63, 3.8) is 0 Å². The molecular weight excluding hydrogens is 274 g/mol. The first kappa shape index (κ1) is 11.2. The molecule has 1 aromatic carbocycles. The van der Waals surface area contributed by atoms with Crippen LogP contribution in [0.1, 0.15) is 43.7 Å². The Morgan fingerprint density at radius 3 is 2.71 bits per heavy atom. The van der Waals surface area contributed by atoms with Gasteiger partial charge < -0.3 is 0 Å². The Labute approximate surface area is 110 Å². The molecule has 3 rings (SSSR count). The molecular formula is C15H16BrN. The largest absolute Gasteiger partial charge is 0.260 e. The summed E-state index contributed by atoms with van der Waals surface area (Å²) in [5.41, 5.74) is 1.31. The fraction of sp³-hybridized carbons (Fsp3) is 0.400. The van der Waals surface area contributed by atoms with Gasteiger partial charge in [0, 0.05) is 22.0 Å². The number of hydrogen-bond acceptors (Lipinski definition) is 1. The van der Waals surface area contributed by atoms with Crippen molar-refractivity contribution in [2.45, 2.75) is 38.0 Å². The van der Waals surface area contributed by atoms with Crippen molar-refractivity contribution in [2.75, 3.05) is 0 Å². The van der Waals surface area contributed by atoms with Crippen molar-refractivity contribution in [1.29, 1.82) is 0 Å². The maximum absolute atomic E-state index is 4.65. The lowest BCUT2D eigenvalue weighted by Gasteiger charge is -2.22. The highest BCUT2D eigenvalue weighted by Crippen LogP contribution is 2.35. The Kier molecular flexibility index (Phi) is 3.15. The van der Waals surface area contributed by atoms with Crippen molar-refractivity contribution < 1.29 is 0 Å². The maximum atomic E-state index is 4.65. The maximum Gasteiger partial charge on any atom is 0.0513 e. The van der Waals surface area contributed by atoms with E-state index < -0.39 is 0 Å². The molecule has 0 amide bonds. The summed E-state index contributed by atoms with van der Waals surface area (Å²) in [5.74, 6) is 0.668. The van der Waals surface area contributed by atoms with Gasteiger partial charge in [-0.1, -0.05) is 41.3 Å². The van der Waals surface area contributed by atoms with Crippen molar-refractivity contribution in [3.05, 3.63) is 40.6 Å². The number of rotatable bonds is 1. The number of pyridine rings is 1. The number of aromatic nitrogens is 1. The molecule has 0 N–H and O–H groups in total. The van der Waals surface area contributed by atoms with Gasteiger partial charge in [0.05, 0.1) is 5.69 Å². The monoisotopic (exact) mass is 289 g/mol. The van der Waals surface area contributed by atoms with E-state index in [1.807, 2.05) is 6.20 Å². The molecule has 0 radical (unpaired) electrons. The summed E-state index contributed by atoms with van der Waals surface area (Å²) in [6.07, 6.45) is 8.68. The molecule has 1 aromatic heterocycles. The molecule has 0 aliphatic heterocycles. The first-order chi connectivity index (χ1) is 8.34. The van der Waals surface area contributed by atoms with Gasteiger partial charge in [-0.2, -0.15) is 0 Å². The normalized spacial score (nSPS) is 17.5. The number of halogens is 1. The molecule has 0 bridgehead atoms. The standard InChI is InChI=1S/C15H16BrN/c16-13-7-6-11-8-9-17-15(14(11)10-13)12-4-2-1-3-5-12/h6-10,12H,1-5H2. The second-order valence-corrected chi connectivity index (χ2v) is 5.81. The minimum atomic E-state index is 0.668. The second kappa shape index (κ2) is 4.77. The minimum Gasteiger partial charge on any atom is -0.260 e. The van der Waals surface area contributed by atoms with Crippen LogP contribution >= 0.6 is 15.9 Å². The van der Waals surface area contributed by atoms with Crippen LogP contribution in [-0.2, 0) is 0 Å². The van der Waals surface area contributed by atoms with Gasteiger partial charge in [0.1, 0.15) is 0 Å². The molecule has 1 nitrogen and oxygen atoms in total. The average molecular weight is 290 g/mol.